The zero-order valence-electron chi connectivity index (χ0n) is 7.83. The summed E-state index contributed by atoms with van der Waals surface area (Å²) in [6.45, 7) is 0. The maximum atomic E-state index is 6.03. The van der Waals surface area contributed by atoms with E-state index in [4.69, 9.17) is 16.3 Å². The van der Waals surface area contributed by atoms with Crippen molar-refractivity contribution in [2.24, 2.45) is 0 Å². The third-order valence-electron chi connectivity index (χ3n) is 1.92. The van der Waals surface area contributed by atoms with E-state index in [2.05, 4.69) is 20.9 Å². The van der Waals surface area contributed by atoms with Gasteiger partial charge in [0, 0.05) is 10.9 Å². The van der Waals surface area contributed by atoms with Crippen molar-refractivity contribution < 1.29 is 4.74 Å². The van der Waals surface area contributed by atoms with Crippen LogP contribution in [-0.2, 0) is 0 Å². The molecule has 1 heterocycles. The van der Waals surface area contributed by atoms with E-state index in [1.165, 1.54) is 0 Å². The number of rotatable bonds is 2. The Morgan fingerprint density at radius 1 is 1.47 bits per heavy atom. The Balaban J connectivity index is 2.42. The van der Waals surface area contributed by atoms with Crippen molar-refractivity contribution in [2.75, 3.05) is 7.11 Å². The molecule has 0 aliphatic rings. The van der Waals surface area contributed by atoms with Gasteiger partial charge in [-0.05, 0) is 34.1 Å². The van der Waals surface area contributed by atoms with E-state index < -0.39 is 0 Å². The Bertz CT molecular complexity index is 486. The fourth-order valence-corrected chi connectivity index (χ4v) is 2.49. The first-order valence-electron chi connectivity index (χ1n) is 4.15. The summed E-state index contributed by atoms with van der Waals surface area (Å²) >= 11 is 10.9. The second-order valence-corrected chi connectivity index (χ2v) is 5.38. The third-order valence-corrected chi connectivity index (χ3v) is 3.58. The number of hydrogen-bond acceptors (Lipinski definition) is 3. The quantitative estimate of drug-likeness (QED) is 0.828. The summed E-state index contributed by atoms with van der Waals surface area (Å²) in [6.07, 6.45) is 0. The number of halogens is 2. The summed E-state index contributed by atoms with van der Waals surface area (Å²) in [5.41, 5.74) is 1.90. The van der Waals surface area contributed by atoms with E-state index in [-0.39, 0.29) is 0 Å². The lowest BCUT2D eigenvalue weighted by Gasteiger charge is -2.03. The maximum absolute atomic E-state index is 6.03. The molecular formula is C10H7BrClNOS. The molecular weight excluding hydrogens is 298 g/mol. The van der Waals surface area contributed by atoms with Crippen LogP contribution < -0.4 is 4.74 Å². The van der Waals surface area contributed by atoms with Gasteiger partial charge in [-0.15, -0.1) is 11.3 Å². The molecule has 15 heavy (non-hydrogen) atoms. The zero-order chi connectivity index (χ0) is 10.8. The molecule has 2 nitrogen and oxygen atoms in total. The summed E-state index contributed by atoms with van der Waals surface area (Å²) in [4.78, 5) is 4.31. The Labute approximate surface area is 105 Å². The van der Waals surface area contributed by atoms with Gasteiger partial charge in [-0.1, -0.05) is 11.6 Å². The molecule has 0 atom stereocenters. The summed E-state index contributed by atoms with van der Waals surface area (Å²) in [7, 11) is 1.60. The molecule has 0 saturated carbocycles. The highest BCUT2D eigenvalue weighted by molar-refractivity contribution is 9.11. The van der Waals surface area contributed by atoms with Crippen LogP contribution >= 0.6 is 38.9 Å². The van der Waals surface area contributed by atoms with Gasteiger partial charge in [0.25, 0.3) is 0 Å². The maximum Gasteiger partial charge on any atom is 0.159 e. The average molecular weight is 305 g/mol. The predicted octanol–water partition coefficient (Wildman–Crippen LogP) is 4.23. The summed E-state index contributed by atoms with van der Waals surface area (Å²) in [5.74, 6) is 0.676. The number of methoxy groups -OCH3 is 1. The second-order valence-electron chi connectivity index (χ2n) is 2.84. The van der Waals surface area contributed by atoms with Crippen LogP contribution in [0.2, 0.25) is 5.02 Å². The van der Waals surface area contributed by atoms with Crippen molar-refractivity contribution in [3.8, 4) is 17.0 Å². The van der Waals surface area contributed by atoms with E-state index in [1.807, 2.05) is 23.6 Å². The molecule has 0 radical (unpaired) electrons. The summed E-state index contributed by atoms with van der Waals surface area (Å²) in [5, 5.41) is 2.57. The highest BCUT2D eigenvalue weighted by atomic mass is 79.9. The van der Waals surface area contributed by atoms with Gasteiger partial charge in [0.15, 0.2) is 3.92 Å². The van der Waals surface area contributed by atoms with Crippen LogP contribution in [0.15, 0.2) is 27.5 Å². The van der Waals surface area contributed by atoms with Crippen LogP contribution in [-0.4, -0.2) is 12.1 Å². The Kier molecular flexibility index (Phi) is 3.29. The number of hydrogen-bond donors (Lipinski definition) is 0. The fourth-order valence-electron chi connectivity index (χ4n) is 1.21. The van der Waals surface area contributed by atoms with Gasteiger partial charge in [-0.3, -0.25) is 0 Å². The summed E-state index contributed by atoms with van der Waals surface area (Å²) in [6, 6.07) is 5.62. The lowest BCUT2D eigenvalue weighted by Crippen LogP contribution is -1.85. The van der Waals surface area contributed by atoms with E-state index in [0.29, 0.717) is 10.8 Å². The van der Waals surface area contributed by atoms with Gasteiger partial charge in [0.1, 0.15) is 5.75 Å². The van der Waals surface area contributed by atoms with Gasteiger partial charge < -0.3 is 4.74 Å². The normalized spacial score (nSPS) is 10.3. The van der Waals surface area contributed by atoms with Crippen LogP contribution in [0.3, 0.4) is 0 Å². The number of benzene rings is 1. The van der Waals surface area contributed by atoms with Crippen LogP contribution in [0.5, 0.6) is 5.75 Å². The molecule has 0 bridgehead atoms. The zero-order valence-corrected chi connectivity index (χ0v) is 11.0. The highest BCUT2D eigenvalue weighted by Gasteiger charge is 2.06. The second kappa shape index (κ2) is 4.51. The molecule has 5 heteroatoms. The van der Waals surface area contributed by atoms with Crippen molar-refractivity contribution in [1.29, 1.82) is 0 Å². The molecule has 0 fully saturated rings. The van der Waals surface area contributed by atoms with Crippen LogP contribution in [0.25, 0.3) is 11.3 Å². The molecule has 0 saturated heterocycles. The van der Waals surface area contributed by atoms with Gasteiger partial charge in [0.05, 0.1) is 17.8 Å². The van der Waals surface area contributed by atoms with Gasteiger partial charge in [-0.2, -0.15) is 0 Å². The summed E-state index contributed by atoms with van der Waals surface area (Å²) < 4.78 is 5.95. The Morgan fingerprint density at radius 2 is 2.27 bits per heavy atom. The minimum atomic E-state index is 0.596. The van der Waals surface area contributed by atoms with Crippen molar-refractivity contribution in [1.82, 2.24) is 4.98 Å². The first kappa shape index (κ1) is 10.9. The highest BCUT2D eigenvalue weighted by Crippen LogP contribution is 2.31. The van der Waals surface area contributed by atoms with Crippen LogP contribution in [0, 0.1) is 0 Å². The SMILES string of the molecule is COc1ccc(-c2csc(Br)n2)cc1Cl. The molecule has 1 aromatic heterocycles. The largest absolute Gasteiger partial charge is 0.495 e. The van der Waals surface area contributed by atoms with Crippen molar-refractivity contribution in [3.05, 3.63) is 32.5 Å². The van der Waals surface area contributed by atoms with Crippen LogP contribution in [0.1, 0.15) is 0 Å². The van der Waals surface area contributed by atoms with Gasteiger partial charge in [-0.25, -0.2) is 4.98 Å². The molecule has 0 aliphatic carbocycles. The first-order valence-corrected chi connectivity index (χ1v) is 6.20. The molecule has 0 unspecified atom stereocenters. The molecule has 0 N–H and O–H groups in total. The average Bonchev–Trinajstić information content (AvgIpc) is 2.65. The lowest BCUT2D eigenvalue weighted by atomic mass is 10.2. The minimum absolute atomic E-state index is 0.596. The first-order chi connectivity index (χ1) is 7.20. The van der Waals surface area contributed by atoms with Crippen molar-refractivity contribution >= 4 is 38.9 Å². The minimum Gasteiger partial charge on any atom is -0.495 e. The monoisotopic (exact) mass is 303 g/mol. The Hall–Kier alpha value is -0.580. The van der Waals surface area contributed by atoms with Crippen LogP contribution in [0.4, 0.5) is 0 Å². The predicted molar refractivity (Wildman–Crippen MR) is 66.8 cm³/mol. The number of aromatic nitrogens is 1. The molecule has 0 aliphatic heterocycles. The van der Waals surface area contributed by atoms with E-state index >= 15 is 0 Å². The van der Waals surface area contributed by atoms with Crippen molar-refractivity contribution in [3.63, 3.8) is 0 Å². The van der Waals surface area contributed by atoms with E-state index in [0.717, 1.165) is 15.2 Å². The van der Waals surface area contributed by atoms with Gasteiger partial charge in [0.2, 0.25) is 0 Å². The molecule has 2 aromatic rings. The molecule has 78 valence electrons. The fraction of sp³-hybridized carbons (Fsp3) is 0.100. The smallest absolute Gasteiger partial charge is 0.159 e. The third kappa shape index (κ3) is 2.33. The molecule has 0 spiro atoms. The van der Waals surface area contributed by atoms with E-state index in [1.54, 1.807) is 18.4 Å². The molecule has 0 amide bonds. The topological polar surface area (TPSA) is 22.1 Å². The number of thiazole rings is 1. The van der Waals surface area contributed by atoms with E-state index in [9.17, 15) is 0 Å². The van der Waals surface area contributed by atoms with Gasteiger partial charge >= 0.3 is 0 Å². The molecule has 1 aromatic carbocycles. The standard InChI is InChI=1S/C10H7BrClNOS/c1-14-9-3-2-6(4-7(9)12)8-5-15-10(11)13-8/h2-5H,1H3. The number of ether oxygens (including phenoxy) is 1. The Morgan fingerprint density at radius 3 is 2.80 bits per heavy atom. The number of nitrogens with zero attached hydrogens (tertiary/aromatic N) is 1. The molecule has 2 rings (SSSR count). The van der Waals surface area contributed by atoms with Crippen molar-refractivity contribution in [2.45, 2.75) is 0 Å². The lowest BCUT2D eigenvalue weighted by molar-refractivity contribution is 0.415.